The highest BCUT2D eigenvalue weighted by molar-refractivity contribution is 6.30. The zero-order valence-corrected chi connectivity index (χ0v) is 11.6. The largest absolute Gasteiger partial charge is 0.205 e. The normalized spacial score (nSPS) is 24.6. The van der Waals surface area contributed by atoms with Crippen molar-refractivity contribution in [1.29, 1.82) is 0 Å². The Bertz CT molecular complexity index is 425. The maximum atomic E-state index is 13.2. The van der Waals surface area contributed by atoms with Crippen LogP contribution in [0.3, 0.4) is 0 Å². The Labute approximate surface area is 114 Å². The van der Waals surface area contributed by atoms with Crippen LogP contribution >= 0.6 is 11.6 Å². The zero-order chi connectivity index (χ0) is 13.0. The Kier molecular flexibility index (Phi) is 4.82. The van der Waals surface area contributed by atoms with Gasteiger partial charge in [0.15, 0.2) is 0 Å². The Morgan fingerprint density at radius 1 is 1.39 bits per heavy atom. The lowest BCUT2D eigenvalue weighted by molar-refractivity contribution is 0.324. The molecule has 0 bridgehead atoms. The van der Waals surface area contributed by atoms with E-state index < -0.39 is 0 Å². The molecule has 98 valence electrons. The zero-order valence-electron chi connectivity index (χ0n) is 10.8. The third-order valence-corrected chi connectivity index (χ3v) is 4.19. The Morgan fingerprint density at radius 2 is 2.22 bits per heavy atom. The number of rotatable bonds is 3. The Balaban J connectivity index is 2.05. The molecule has 0 amide bonds. The summed E-state index contributed by atoms with van der Waals surface area (Å²) in [5, 5.41) is 0.253. The van der Waals surface area contributed by atoms with Gasteiger partial charge in [0.25, 0.3) is 0 Å². The smallest absolute Gasteiger partial charge is 0.141 e. The van der Waals surface area contributed by atoms with Crippen LogP contribution in [0.2, 0.25) is 5.02 Å². The maximum Gasteiger partial charge on any atom is 0.141 e. The second-order valence-corrected chi connectivity index (χ2v) is 5.62. The van der Waals surface area contributed by atoms with Crippen LogP contribution in [0.4, 0.5) is 4.39 Å². The van der Waals surface area contributed by atoms with Crippen molar-refractivity contribution in [2.45, 2.75) is 44.9 Å². The minimum Gasteiger partial charge on any atom is -0.205 e. The summed E-state index contributed by atoms with van der Waals surface area (Å²) >= 11 is 5.87. The highest BCUT2D eigenvalue weighted by Crippen LogP contribution is 2.38. The van der Waals surface area contributed by atoms with Crippen molar-refractivity contribution in [3.8, 4) is 0 Å². The molecule has 1 fully saturated rings. The molecule has 18 heavy (non-hydrogen) atoms. The van der Waals surface area contributed by atoms with E-state index in [9.17, 15) is 4.39 Å². The van der Waals surface area contributed by atoms with Gasteiger partial charge < -0.3 is 0 Å². The number of halogens is 2. The fourth-order valence-electron chi connectivity index (χ4n) is 2.90. The molecular weight excluding hydrogens is 247 g/mol. The van der Waals surface area contributed by atoms with Gasteiger partial charge in [0.1, 0.15) is 5.82 Å². The Hall–Kier alpha value is -0.820. The fraction of sp³-hybridized carbons (Fsp3) is 0.500. The van der Waals surface area contributed by atoms with Crippen molar-refractivity contribution in [3.05, 3.63) is 46.8 Å². The molecule has 0 heterocycles. The first-order valence-corrected chi connectivity index (χ1v) is 7.14. The van der Waals surface area contributed by atoms with Crippen molar-refractivity contribution < 1.29 is 4.39 Å². The van der Waals surface area contributed by atoms with E-state index in [-0.39, 0.29) is 10.8 Å². The van der Waals surface area contributed by atoms with Gasteiger partial charge >= 0.3 is 0 Å². The highest BCUT2D eigenvalue weighted by Gasteiger charge is 2.22. The molecule has 0 N–H and O–H groups in total. The second-order valence-electron chi connectivity index (χ2n) is 5.21. The van der Waals surface area contributed by atoms with Crippen LogP contribution in [0.15, 0.2) is 30.4 Å². The number of hydrogen-bond donors (Lipinski definition) is 0. The van der Waals surface area contributed by atoms with Crippen molar-refractivity contribution in [3.63, 3.8) is 0 Å². The first kappa shape index (κ1) is 13.6. The lowest BCUT2D eigenvalue weighted by Gasteiger charge is -2.29. The molecule has 0 radical (unpaired) electrons. The van der Waals surface area contributed by atoms with Gasteiger partial charge in [-0.15, -0.1) is 0 Å². The standard InChI is InChI=1S/C16H20ClF/c1-2-3-5-12-6-4-7-13(10-12)14-8-9-16(18)15(17)11-14/h2-3,8-9,11-13H,4-7,10H2,1H3. The molecule has 0 aliphatic heterocycles. The minimum atomic E-state index is -0.318. The molecular formula is C16H20ClF. The summed E-state index contributed by atoms with van der Waals surface area (Å²) in [6.45, 7) is 2.07. The molecule has 0 saturated heterocycles. The predicted molar refractivity (Wildman–Crippen MR) is 75.5 cm³/mol. The minimum absolute atomic E-state index is 0.253. The van der Waals surface area contributed by atoms with E-state index in [1.807, 2.05) is 6.07 Å². The maximum absolute atomic E-state index is 13.2. The first-order valence-electron chi connectivity index (χ1n) is 6.76. The van der Waals surface area contributed by atoms with Crippen LogP contribution in [0.1, 0.15) is 50.5 Å². The highest BCUT2D eigenvalue weighted by atomic mass is 35.5. The van der Waals surface area contributed by atoms with Crippen LogP contribution in [0.25, 0.3) is 0 Å². The van der Waals surface area contributed by atoms with E-state index in [4.69, 9.17) is 11.6 Å². The molecule has 1 aliphatic carbocycles. The molecule has 1 aromatic carbocycles. The summed E-state index contributed by atoms with van der Waals surface area (Å²) in [7, 11) is 0. The van der Waals surface area contributed by atoms with Gasteiger partial charge in [-0.2, -0.15) is 0 Å². The van der Waals surface area contributed by atoms with Crippen molar-refractivity contribution in [2.24, 2.45) is 5.92 Å². The van der Waals surface area contributed by atoms with Gasteiger partial charge in [-0.3, -0.25) is 0 Å². The van der Waals surface area contributed by atoms with Gasteiger partial charge in [0.2, 0.25) is 0 Å². The van der Waals surface area contributed by atoms with Gasteiger partial charge in [-0.1, -0.05) is 42.7 Å². The van der Waals surface area contributed by atoms with Gasteiger partial charge in [-0.25, -0.2) is 4.39 Å². The van der Waals surface area contributed by atoms with Crippen LogP contribution in [0.5, 0.6) is 0 Å². The molecule has 1 saturated carbocycles. The van der Waals surface area contributed by atoms with Gasteiger partial charge in [0, 0.05) is 0 Å². The molecule has 2 rings (SSSR count). The second kappa shape index (κ2) is 6.38. The number of hydrogen-bond acceptors (Lipinski definition) is 0. The third-order valence-electron chi connectivity index (χ3n) is 3.90. The average Bonchev–Trinajstić information content (AvgIpc) is 2.40. The average molecular weight is 267 g/mol. The molecule has 0 aromatic heterocycles. The van der Waals surface area contributed by atoms with Gasteiger partial charge in [-0.05, 0) is 55.7 Å². The van der Waals surface area contributed by atoms with Crippen LogP contribution in [-0.4, -0.2) is 0 Å². The van der Waals surface area contributed by atoms with Crippen LogP contribution in [-0.2, 0) is 0 Å². The molecule has 2 heteroatoms. The lowest BCUT2D eigenvalue weighted by atomic mass is 9.77. The van der Waals surface area contributed by atoms with E-state index >= 15 is 0 Å². The summed E-state index contributed by atoms with van der Waals surface area (Å²) in [5.74, 6) is 0.998. The fourth-order valence-corrected chi connectivity index (χ4v) is 3.09. The van der Waals surface area contributed by atoms with E-state index in [0.717, 1.165) is 5.92 Å². The molecule has 0 spiro atoms. The summed E-state index contributed by atoms with van der Waals surface area (Å²) in [4.78, 5) is 0. The number of allylic oxidation sites excluding steroid dienone is 2. The van der Waals surface area contributed by atoms with Crippen molar-refractivity contribution in [1.82, 2.24) is 0 Å². The first-order chi connectivity index (χ1) is 8.70. The van der Waals surface area contributed by atoms with Crippen molar-refractivity contribution in [2.75, 3.05) is 0 Å². The van der Waals surface area contributed by atoms with E-state index in [1.54, 1.807) is 6.07 Å². The van der Waals surface area contributed by atoms with Gasteiger partial charge in [0.05, 0.1) is 5.02 Å². The van der Waals surface area contributed by atoms with Crippen LogP contribution in [0, 0.1) is 11.7 Å². The van der Waals surface area contributed by atoms with Crippen molar-refractivity contribution >= 4 is 11.6 Å². The molecule has 2 atom stereocenters. The topological polar surface area (TPSA) is 0 Å². The van der Waals surface area contributed by atoms with E-state index in [1.165, 1.54) is 43.7 Å². The molecule has 0 nitrogen and oxygen atoms in total. The number of benzene rings is 1. The molecule has 1 aromatic rings. The molecule has 2 unspecified atom stereocenters. The Morgan fingerprint density at radius 3 is 2.94 bits per heavy atom. The quantitative estimate of drug-likeness (QED) is 0.614. The lowest BCUT2D eigenvalue weighted by Crippen LogP contribution is -2.13. The summed E-state index contributed by atoms with van der Waals surface area (Å²) in [6.07, 6.45) is 10.5. The summed E-state index contributed by atoms with van der Waals surface area (Å²) in [5.41, 5.74) is 1.20. The SMILES string of the molecule is CC=CCC1CCCC(c2ccc(F)c(Cl)c2)C1. The van der Waals surface area contributed by atoms with Crippen LogP contribution < -0.4 is 0 Å². The molecule has 1 aliphatic rings. The third kappa shape index (κ3) is 3.35. The summed E-state index contributed by atoms with van der Waals surface area (Å²) in [6, 6.07) is 5.19. The predicted octanol–water partition coefficient (Wildman–Crippen LogP) is 5.72. The monoisotopic (exact) mass is 266 g/mol. The van der Waals surface area contributed by atoms with E-state index in [0.29, 0.717) is 5.92 Å². The van der Waals surface area contributed by atoms with E-state index in [2.05, 4.69) is 19.1 Å². The summed E-state index contributed by atoms with van der Waals surface area (Å²) < 4.78 is 13.2.